The van der Waals surface area contributed by atoms with Crippen molar-refractivity contribution >= 4 is 17.1 Å². The van der Waals surface area contributed by atoms with Crippen molar-refractivity contribution in [2.24, 2.45) is 0 Å². The minimum absolute atomic E-state index is 0.309. The lowest BCUT2D eigenvalue weighted by atomic mass is 9.78. The van der Waals surface area contributed by atoms with Crippen molar-refractivity contribution in [3.8, 4) is 11.1 Å². The van der Waals surface area contributed by atoms with Gasteiger partial charge in [-0.05, 0) is 37.6 Å². The van der Waals surface area contributed by atoms with E-state index in [0.717, 1.165) is 53.9 Å². The first-order valence-electron chi connectivity index (χ1n) is 8.90. The van der Waals surface area contributed by atoms with Gasteiger partial charge >= 0.3 is 6.09 Å². The van der Waals surface area contributed by atoms with Crippen LogP contribution in [0.3, 0.4) is 0 Å². The summed E-state index contributed by atoms with van der Waals surface area (Å²) in [6.45, 7) is 2.07. The number of benzene rings is 2. The number of hydrogen-bond donors (Lipinski definition) is 4. The zero-order valence-corrected chi connectivity index (χ0v) is 14.5. The third-order valence-electron chi connectivity index (χ3n) is 5.24. The van der Waals surface area contributed by atoms with E-state index in [1.165, 1.54) is 0 Å². The van der Waals surface area contributed by atoms with Crippen molar-refractivity contribution in [2.75, 3.05) is 19.6 Å². The molecule has 1 aliphatic heterocycles. The molecule has 6 heteroatoms. The standard InChI is InChI=1S/C20H22N4O2/c25-19(26)22-13-20(9-11-21-12-10-20)18-23-16-8-4-7-15(17(16)24-18)14-5-2-1-3-6-14/h1-8,21-22H,9-13H2,(H,23,24)(H,25,26). The van der Waals surface area contributed by atoms with Gasteiger partial charge in [0.25, 0.3) is 0 Å². The van der Waals surface area contributed by atoms with Gasteiger partial charge in [-0.25, -0.2) is 9.78 Å². The van der Waals surface area contributed by atoms with Gasteiger partial charge in [0, 0.05) is 17.5 Å². The molecular formula is C20H22N4O2. The van der Waals surface area contributed by atoms with Crippen LogP contribution < -0.4 is 10.6 Å². The summed E-state index contributed by atoms with van der Waals surface area (Å²) in [7, 11) is 0. The number of aromatic amines is 1. The molecule has 0 atom stereocenters. The summed E-state index contributed by atoms with van der Waals surface area (Å²) in [6, 6.07) is 16.3. The average molecular weight is 350 g/mol. The van der Waals surface area contributed by atoms with E-state index in [9.17, 15) is 4.79 Å². The lowest BCUT2D eigenvalue weighted by molar-refractivity contribution is 0.186. The molecule has 0 radical (unpaired) electrons. The van der Waals surface area contributed by atoms with Gasteiger partial charge in [0.05, 0.1) is 11.0 Å². The fourth-order valence-electron chi connectivity index (χ4n) is 3.78. The Bertz CT molecular complexity index is 914. The van der Waals surface area contributed by atoms with Crippen LogP contribution >= 0.6 is 0 Å². The first-order valence-corrected chi connectivity index (χ1v) is 8.90. The van der Waals surface area contributed by atoms with E-state index in [0.29, 0.717) is 6.54 Å². The Morgan fingerprint density at radius 2 is 1.88 bits per heavy atom. The summed E-state index contributed by atoms with van der Waals surface area (Å²) in [5.74, 6) is 0.867. The molecule has 2 aromatic carbocycles. The molecule has 0 saturated carbocycles. The normalized spacial score (nSPS) is 16.5. The maximum absolute atomic E-state index is 11.1. The van der Waals surface area contributed by atoms with Crippen molar-refractivity contribution in [2.45, 2.75) is 18.3 Å². The van der Waals surface area contributed by atoms with Crippen LogP contribution in [0.4, 0.5) is 4.79 Å². The maximum atomic E-state index is 11.1. The SMILES string of the molecule is O=C(O)NCC1(c2nc3c(-c4ccccc4)cccc3[nH]2)CCNCC1. The van der Waals surface area contributed by atoms with E-state index in [1.54, 1.807) is 0 Å². The Hall–Kier alpha value is -2.86. The number of piperidine rings is 1. The van der Waals surface area contributed by atoms with E-state index in [2.05, 4.69) is 33.8 Å². The van der Waals surface area contributed by atoms with Crippen LogP contribution in [0.25, 0.3) is 22.2 Å². The number of carboxylic acid groups (broad SMARTS) is 1. The van der Waals surface area contributed by atoms with E-state index in [1.807, 2.05) is 30.3 Å². The molecule has 4 N–H and O–H groups in total. The summed E-state index contributed by atoms with van der Waals surface area (Å²) in [4.78, 5) is 19.5. The molecule has 0 bridgehead atoms. The van der Waals surface area contributed by atoms with Crippen LogP contribution in [0.5, 0.6) is 0 Å². The van der Waals surface area contributed by atoms with Crippen LogP contribution in [0, 0.1) is 0 Å². The maximum Gasteiger partial charge on any atom is 0.404 e. The smallest absolute Gasteiger partial charge is 0.404 e. The second-order valence-corrected chi connectivity index (χ2v) is 6.84. The zero-order valence-electron chi connectivity index (χ0n) is 14.5. The number of fused-ring (bicyclic) bond motifs is 1. The molecule has 0 spiro atoms. The number of aromatic nitrogens is 2. The number of amides is 1. The van der Waals surface area contributed by atoms with Crippen molar-refractivity contribution in [3.05, 3.63) is 54.4 Å². The number of carbonyl (C=O) groups is 1. The summed E-state index contributed by atoms with van der Waals surface area (Å²) in [5, 5.41) is 15.0. The van der Waals surface area contributed by atoms with Crippen LogP contribution in [0.2, 0.25) is 0 Å². The molecule has 1 fully saturated rings. The van der Waals surface area contributed by atoms with Gasteiger partial charge in [-0.1, -0.05) is 42.5 Å². The number of para-hydroxylation sites is 1. The molecule has 1 aliphatic rings. The molecule has 26 heavy (non-hydrogen) atoms. The van der Waals surface area contributed by atoms with Crippen LogP contribution in [-0.2, 0) is 5.41 Å². The van der Waals surface area contributed by atoms with E-state index >= 15 is 0 Å². The highest BCUT2D eigenvalue weighted by Gasteiger charge is 2.37. The number of nitrogens with zero attached hydrogens (tertiary/aromatic N) is 1. The number of hydrogen-bond acceptors (Lipinski definition) is 3. The van der Waals surface area contributed by atoms with E-state index in [4.69, 9.17) is 10.1 Å². The fourth-order valence-corrected chi connectivity index (χ4v) is 3.78. The zero-order chi connectivity index (χ0) is 18.0. The minimum atomic E-state index is -0.996. The first kappa shape index (κ1) is 16.6. The quantitative estimate of drug-likeness (QED) is 0.582. The summed E-state index contributed by atoms with van der Waals surface area (Å²) < 4.78 is 0. The molecule has 0 unspecified atom stereocenters. The molecule has 1 amide bonds. The van der Waals surface area contributed by atoms with E-state index in [-0.39, 0.29) is 5.41 Å². The van der Waals surface area contributed by atoms with Gasteiger partial charge in [0.1, 0.15) is 5.82 Å². The number of H-pyrrole nitrogens is 1. The minimum Gasteiger partial charge on any atom is -0.465 e. The van der Waals surface area contributed by atoms with Crippen molar-refractivity contribution in [3.63, 3.8) is 0 Å². The Labute approximate surface area is 151 Å². The summed E-state index contributed by atoms with van der Waals surface area (Å²) in [6.07, 6.45) is 0.686. The number of nitrogens with one attached hydrogen (secondary N) is 3. The number of imidazole rings is 1. The summed E-state index contributed by atoms with van der Waals surface area (Å²) >= 11 is 0. The first-order chi connectivity index (χ1) is 12.7. The third-order valence-corrected chi connectivity index (χ3v) is 5.24. The van der Waals surface area contributed by atoms with Crippen molar-refractivity contribution in [1.82, 2.24) is 20.6 Å². The van der Waals surface area contributed by atoms with Gasteiger partial charge < -0.3 is 20.7 Å². The lowest BCUT2D eigenvalue weighted by Crippen LogP contribution is -2.48. The topological polar surface area (TPSA) is 90.0 Å². The van der Waals surface area contributed by atoms with Crippen molar-refractivity contribution in [1.29, 1.82) is 0 Å². The molecule has 6 nitrogen and oxygen atoms in total. The molecule has 1 aromatic heterocycles. The molecule has 4 rings (SSSR count). The molecule has 3 aromatic rings. The monoisotopic (exact) mass is 350 g/mol. The molecule has 134 valence electrons. The van der Waals surface area contributed by atoms with Crippen LogP contribution in [-0.4, -0.2) is 40.8 Å². The lowest BCUT2D eigenvalue weighted by Gasteiger charge is -2.35. The van der Waals surface area contributed by atoms with Crippen molar-refractivity contribution < 1.29 is 9.90 Å². The Morgan fingerprint density at radius 1 is 1.12 bits per heavy atom. The van der Waals surface area contributed by atoms with Gasteiger partial charge in [-0.3, -0.25) is 0 Å². The van der Waals surface area contributed by atoms with Crippen LogP contribution in [0.1, 0.15) is 18.7 Å². The fraction of sp³-hybridized carbons (Fsp3) is 0.300. The van der Waals surface area contributed by atoms with Crippen LogP contribution in [0.15, 0.2) is 48.5 Å². The molecule has 2 heterocycles. The highest BCUT2D eigenvalue weighted by molar-refractivity contribution is 5.92. The average Bonchev–Trinajstić information content (AvgIpc) is 3.13. The molecule has 0 aliphatic carbocycles. The van der Waals surface area contributed by atoms with E-state index < -0.39 is 6.09 Å². The Kier molecular flexibility index (Phi) is 4.34. The second-order valence-electron chi connectivity index (χ2n) is 6.84. The third kappa shape index (κ3) is 3.04. The highest BCUT2D eigenvalue weighted by atomic mass is 16.4. The highest BCUT2D eigenvalue weighted by Crippen LogP contribution is 2.35. The Morgan fingerprint density at radius 3 is 2.62 bits per heavy atom. The van der Waals surface area contributed by atoms with Gasteiger partial charge in [0.2, 0.25) is 0 Å². The molecular weight excluding hydrogens is 328 g/mol. The van der Waals surface area contributed by atoms with Gasteiger partial charge in [-0.15, -0.1) is 0 Å². The van der Waals surface area contributed by atoms with Gasteiger partial charge in [0.15, 0.2) is 0 Å². The Balaban J connectivity index is 1.79. The predicted molar refractivity (Wildman–Crippen MR) is 101 cm³/mol. The molecule has 1 saturated heterocycles. The largest absolute Gasteiger partial charge is 0.465 e. The summed E-state index contributed by atoms with van der Waals surface area (Å²) in [5.41, 5.74) is 3.81. The second kappa shape index (κ2) is 6.80. The number of rotatable bonds is 4. The predicted octanol–water partition coefficient (Wildman–Crippen LogP) is 3.12. The van der Waals surface area contributed by atoms with Gasteiger partial charge in [-0.2, -0.15) is 0 Å².